The summed E-state index contributed by atoms with van der Waals surface area (Å²) >= 11 is 0. The molecule has 0 unspecified atom stereocenters. The molecular weight excluding hydrogens is 413 g/mol. The number of aromatic nitrogens is 2. The second-order valence-electron chi connectivity index (χ2n) is 7.30. The van der Waals surface area contributed by atoms with E-state index in [9.17, 15) is 22.8 Å². The van der Waals surface area contributed by atoms with Crippen LogP contribution in [0.15, 0.2) is 30.5 Å². The number of halogens is 3. The van der Waals surface area contributed by atoms with Crippen LogP contribution in [0.2, 0.25) is 0 Å². The van der Waals surface area contributed by atoms with Crippen molar-refractivity contribution in [1.29, 1.82) is 0 Å². The number of carbonyl (C=O) groups is 2. The third-order valence-electron chi connectivity index (χ3n) is 4.33. The Morgan fingerprint density at radius 1 is 1.10 bits per heavy atom. The molecule has 2 aromatic rings. The Kier molecular flexibility index (Phi) is 8.47. The number of alkyl halides is 3. The van der Waals surface area contributed by atoms with Gasteiger partial charge in [-0.05, 0) is 43.5 Å². The molecule has 0 atom stereocenters. The molecule has 1 aromatic carbocycles. The number of carbonyl (C=O) groups excluding carboxylic acids is 2. The molecule has 0 fully saturated rings. The summed E-state index contributed by atoms with van der Waals surface area (Å²) < 4.78 is 46.2. The molecule has 170 valence electrons. The molecule has 0 bridgehead atoms. The lowest BCUT2D eigenvalue weighted by atomic mass is 10.1. The topological polar surface area (TPSA) is 85.3 Å². The van der Waals surface area contributed by atoms with Crippen LogP contribution in [0.1, 0.15) is 53.6 Å². The zero-order valence-electron chi connectivity index (χ0n) is 17.8. The van der Waals surface area contributed by atoms with Gasteiger partial charge in [0.2, 0.25) is 0 Å². The first-order chi connectivity index (χ1) is 14.6. The Bertz CT molecular complexity index is 877. The number of benzene rings is 1. The Morgan fingerprint density at radius 3 is 2.26 bits per heavy atom. The van der Waals surface area contributed by atoms with Gasteiger partial charge in [0.1, 0.15) is 5.75 Å². The molecule has 2 N–H and O–H groups in total. The van der Waals surface area contributed by atoms with Crippen LogP contribution in [0.4, 0.5) is 13.2 Å². The number of nitrogens with one attached hydrogen (secondary N) is 2. The first-order valence-corrected chi connectivity index (χ1v) is 10.1. The third-order valence-corrected chi connectivity index (χ3v) is 4.33. The lowest BCUT2D eigenvalue weighted by Gasteiger charge is -2.09. The standard InChI is InChI=1S/C21H27F3N4O3/c1-4-31-16-7-5-15(6-8-16)19(29)25-10-11-26-20(30)17-13-28(12-9-14(2)3)27-18(17)21(22,23)24/h5-8,13-14H,4,9-12H2,1-3H3,(H,25,29)(H,26,30). The van der Waals surface area contributed by atoms with E-state index in [2.05, 4.69) is 15.7 Å². The highest BCUT2D eigenvalue weighted by atomic mass is 19.4. The lowest BCUT2D eigenvalue weighted by Crippen LogP contribution is -2.35. The number of ether oxygens (including phenoxy) is 1. The van der Waals surface area contributed by atoms with E-state index in [-0.39, 0.29) is 31.5 Å². The predicted molar refractivity (Wildman–Crippen MR) is 109 cm³/mol. The van der Waals surface area contributed by atoms with Gasteiger partial charge in [-0.3, -0.25) is 14.3 Å². The first kappa shape index (κ1) is 24.2. The normalized spacial score (nSPS) is 11.5. The van der Waals surface area contributed by atoms with Gasteiger partial charge in [0.15, 0.2) is 5.69 Å². The molecule has 7 nitrogen and oxygen atoms in total. The van der Waals surface area contributed by atoms with Crippen molar-refractivity contribution < 1.29 is 27.5 Å². The number of hydrogen-bond donors (Lipinski definition) is 2. The first-order valence-electron chi connectivity index (χ1n) is 10.1. The van der Waals surface area contributed by atoms with Crippen molar-refractivity contribution in [2.45, 2.75) is 39.9 Å². The van der Waals surface area contributed by atoms with Crippen LogP contribution < -0.4 is 15.4 Å². The summed E-state index contributed by atoms with van der Waals surface area (Å²) in [7, 11) is 0. The number of hydrogen-bond acceptors (Lipinski definition) is 4. The Labute approximate surface area is 179 Å². The summed E-state index contributed by atoms with van der Waals surface area (Å²) in [6, 6.07) is 6.52. The molecule has 0 aliphatic carbocycles. The molecule has 1 heterocycles. The maximum atomic E-state index is 13.3. The van der Waals surface area contributed by atoms with Gasteiger partial charge in [-0.15, -0.1) is 0 Å². The van der Waals surface area contributed by atoms with Crippen LogP contribution in [0.25, 0.3) is 0 Å². The van der Waals surface area contributed by atoms with E-state index in [1.54, 1.807) is 24.3 Å². The quantitative estimate of drug-likeness (QED) is 0.554. The van der Waals surface area contributed by atoms with Crippen molar-refractivity contribution in [2.24, 2.45) is 5.92 Å². The van der Waals surface area contributed by atoms with Crippen molar-refractivity contribution in [3.05, 3.63) is 47.3 Å². The second-order valence-corrected chi connectivity index (χ2v) is 7.30. The average Bonchev–Trinajstić information content (AvgIpc) is 3.15. The molecular formula is C21H27F3N4O3. The summed E-state index contributed by atoms with van der Waals surface area (Å²) in [5, 5.41) is 8.54. The molecule has 10 heteroatoms. The summed E-state index contributed by atoms with van der Waals surface area (Å²) in [6.45, 7) is 6.57. The van der Waals surface area contributed by atoms with Gasteiger partial charge >= 0.3 is 6.18 Å². The van der Waals surface area contributed by atoms with Crippen LogP contribution in [-0.2, 0) is 12.7 Å². The van der Waals surface area contributed by atoms with Gasteiger partial charge in [0.05, 0.1) is 12.2 Å². The van der Waals surface area contributed by atoms with Gasteiger partial charge in [-0.2, -0.15) is 18.3 Å². The molecule has 0 spiro atoms. The summed E-state index contributed by atoms with van der Waals surface area (Å²) in [4.78, 5) is 24.4. The Hall–Kier alpha value is -3.04. The fraction of sp³-hybridized carbons (Fsp3) is 0.476. The maximum Gasteiger partial charge on any atom is 0.435 e. The van der Waals surface area contributed by atoms with E-state index in [1.165, 1.54) is 0 Å². The van der Waals surface area contributed by atoms with E-state index in [0.29, 0.717) is 24.3 Å². The van der Waals surface area contributed by atoms with E-state index in [4.69, 9.17) is 4.74 Å². The lowest BCUT2D eigenvalue weighted by molar-refractivity contribution is -0.141. The van der Waals surface area contributed by atoms with Crippen molar-refractivity contribution in [2.75, 3.05) is 19.7 Å². The van der Waals surface area contributed by atoms with Crippen molar-refractivity contribution in [3.63, 3.8) is 0 Å². The number of amides is 2. The highest BCUT2D eigenvalue weighted by molar-refractivity contribution is 5.96. The zero-order chi connectivity index (χ0) is 23.0. The fourth-order valence-electron chi connectivity index (χ4n) is 2.72. The van der Waals surface area contributed by atoms with Gasteiger partial charge in [-0.25, -0.2) is 0 Å². The minimum Gasteiger partial charge on any atom is -0.494 e. The summed E-state index contributed by atoms with van der Waals surface area (Å²) in [5.41, 5.74) is -1.35. The van der Waals surface area contributed by atoms with Crippen LogP contribution in [0.5, 0.6) is 5.75 Å². The molecule has 2 rings (SSSR count). The van der Waals surface area contributed by atoms with E-state index < -0.39 is 23.3 Å². The van der Waals surface area contributed by atoms with Crippen LogP contribution in [0, 0.1) is 5.92 Å². The number of rotatable bonds is 10. The molecule has 1 aromatic heterocycles. The molecule has 0 saturated carbocycles. The fourth-order valence-corrected chi connectivity index (χ4v) is 2.72. The predicted octanol–water partition coefficient (Wildman–Crippen LogP) is 3.51. The van der Waals surface area contributed by atoms with Gasteiger partial charge in [0, 0.05) is 31.4 Å². The monoisotopic (exact) mass is 440 g/mol. The zero-order valence-corrected chi connectivity index (χ0v) is 17.8. The summed E-state index contributed by atoms with van der Waals surface area (Å²) in [5.74, 6) is -0.330. The second kappa shape index (κ2) is 10.8. The van der Waals surface area contributed by atoms with Crippen molar-refractivity contribution >= 4 is 11.8 Å². The molecule has 0 aliphatic rings. The Balaban J connectivity index is 1.90. The van der Waals surface area contributed by atoms with Gasteiger partial charge in [0.25, 0.3) is 11.8 Å². The van der Waals surface area contributed by atoms with E-state index in [1.807, 2.05) is 20.8 Å². The number of nitrogens with zero attached hydrogens (tertiary/aromatic N) is 2. The maximum absolute atomic E-state index is 13.3. The molecule has 31 heavy (non-hydrogen) atoms. The highest BCUT2D eigenvalue weighted by Gasteiger charge is 2.39. The summed E-state index contributed by atoms with van der Waals surface area (Å²) in [6.07, 6.45) is -2.99. The molecule has 2 amide bonds. The van der Waals surface area contributed by atoms with Crippen molar-refractivity contribution in [1.82, 2.24) is 20.4 Å². The largest absolute Gasteiger partial charge is 0.494 e. The smallest absolute Gasteiger partial charge is 0.435 e. The molecule has 0 radical (unpaired) electrons. The molecule has 0 aliphatic heterocycles. The van der Waals surface area contributed by atoms with Crippen LogP contribution in [0.3, 0.4) is 0 Å². The van der Waals surface area contributed by atoms with Gasteiger partial charge < -0.3 is 15.4 Å². The minimum atomic E-state index is -4.74. The SMILES string of the molecule is CCOc1ccc(C(=O)NCCNC(=O)c2cn(CCC(C)C)nc2C(F)(F)F)cc1. The van der Waals surface area contributed by atoms with E-state index in [0.717, 1.165) is 10.9 Å². The average molecular weight is 440 g/mol. The molecule has 0 saturated heterocycles. The van der Waals surface area contributed by atoms with E-state index >= 15 is 0 Å². The van der Waals surface area contributed by atoms with Gasteiger partial charge in [-0.1, -0.05) is 13.8 Å². The third kappa shape index (κ3) is 7.30. The van der Waals surface area contributed by atoms with Crippen LogP contribution in [-0.4, -0.2) is 41.3 Å². The highest BCUT2D eigenvalue weighted by Crippen LogP contribution is 2.30. The number of aryl methyl sites for hydroxylation is 1. The van der Waals surface area contributed by atoms with Crippen LogP contribution >= 0.6 is 0 Å². The Morgan fingerprint density at radius 2 is 1.71 bits per heavy atom. The minimum absolute atomic E-state index is 0.0317. The van der Waals surface area contributed by atoms with Crippen molar-refractivity contribution in [3.8, 4) is 5.75 Å².